The van der Waals surface area contributed by atoms with Crippen molar-refractivity contribution in [3.05, 3.63) is 66.0 Å². The molecule has 1 saturated heterocycles. The third-order valence-electron chi connectivity index (χ3n) is 4.84. The van der Waals surface area contributed by atoms with Gasteiger partial charge in [-0.2, -0.15) is 0 Å². The molecule has 3 aromatic rings. The van der Waals surface area contributed by atoms with E-state index in [9.17, 15) is 15.3 Å². The van der Waals surface area contributed by atoms with E-state index in [0.717, 1.165) is 10.9 Å². The number of aliphatic hydroxyl groups is 3. The van der Waals surface area contributed by atoms with Crippen LogP contribution in [-0.4, -0.2) is 43.2 Å². The molecular formula is C19H20N2O4. The molecule has 0 bridgehead atoms. The van der Waals surface area contributed by atoms with E-state index >= 15 is 0 Å². The summed E-state index contributed by atoms with van der Waals surface area (Å²) in [7, 11) is 0. The number of aromatic nitrogens is 2. The number of ether oxygens (including phenoxy) is 1. The highest BCUT2D eigenvalue weighted by Gasteiger charge is 2.47. The van der Waals surface area contributed by atoms with Gasteiger partial charge in [0.25, 0.3) is 0 Å². The highest BCUT2D eigenvalue weighted by Crippen LogP contribution is 2.37. The van der Waals surface area contributed by atoms with Gasteiger partial charge in [-0.3, -0.25) is 0 Å². The molecule has 2 aromatic heterocycles. The molecule has 0 unspecified atom stereocenters. The van der Waals surface area contributed by atoms with Crippen molar-refractivity contribution in [3.63, 3.8) is 0 Å². The quantitative estimate of drug-likeness (QED) is 0.675. The minimum atomic E-state index is -1.21. The van der Waals surface area contributed by atoms with Crippen LogP contribution in [0.1, 0.15) is 23.5 Å². The van der Waals surface area contributed by atoms with Crippen molar-refractivity contribution >= 4 is 11.0 Å². The zero-order valence-corrected chi connectivity index (χ0v) is 13.7. The number of hydrogen-bond donors (Lipinski definition) is 3. The van der Waals surface area contributed by atoms with Gasteiger partial charge < -0.3 is 24.6 Å². The minimum Gasteiger partial charge on any atom is -0.387 e. The van der Waals surface area contributed by atoms with Gasteiger partial charge in [-0.05, 0) is 30.2 Å². The zero-order chi connectivity index (χ0) is 17.6. The van der Waals surface area contributed by atoms with E-state index in [1.165, 1.54) is 0 Å². The maximum Gasteiger partial charge on any atom is 0.164 e. The van der Waals surface area contributed by atoms with E-state index in [1.807, 2.05) is 25.1 Å². The molecule has 1 aromatic carbocycles. The van der Waals surface area contributed by atoms with E-state index in [1.54, 1.807) is 41.2 Å². The van der Waals surface area contributed by atoms with E-state index in [2.05, 4.69) is 4.98 Å². The number of hydrogen-bond acceptors (Lipinski definition) is 5. The lowest BCUT2D eigenvalue weighted by Gasteiger charge is -2.21. The molecule has 130 valence electrons. The lowest BCUT2D eigenvalue weighted by molar-refractivity contribution is -0.0848. The van der Waals surface area contributed by atoms with E-state index in [-0.39, 0.29) is 0 Å². The summed E-state index contributed by atoms with van der Waals surface area (Å²) >= 11 is 0. The minimum absolute atomic E-state index is 0.630. The summed E-state index contributed by atoms with van der Waals surface area (Å²) < 4.78 is 7.57. The van der Waals surface area contributed by atoms with E-state index in [4.69, 9.17) is 4.74 Å². The highest BCUT2D eigenvalue weighted by molar-refractivity contribution is 5.79. The fourth-order valence-corrected chi connectivity index (χ4v) is 3.41. The van der Waals surface area contributed by atoms with Crippen molar-refractivity contribution < 1.29 is 20.1 Å². The summed E-state index contributed by atoms with van der Waals surface area (Å²) in [6, 6.07) is 12.8. The van der Waals surface area contributed by atoms with Crippen LogP contribution in [0.3, 0.4) is 0 Å². The number of fused-ring (bicyclic) bond motifs is 1. The fraction of sp³-hybridized carbons (Fsp3) is 0.316. The Morgan fingerprint density at radius 2 is 1.84 bits per heavy atom. The molecule has 6 nitrogen and oxygen atoms in total. The first kappa shape index (κ1) is 16.2. The first-order valence-corrected chi connectivity index (χ1v) is 8.24. The molecular weight excluding hydrogens is 320 g/mol. The number of aliphatic hydroxyl groups excluding tert-OH is 3. The number of rotatable bonds is 3. The standard InChI is InChI=1S/C19H20N2O4/c1-11-7-9-20-18-13(11)8-10-21(18)19-16(24)15(23)17(25-19)14(22)12-5-3-2-4-6-12/h2-10,14-17,19,22-24H,1H3/t14-,15-,16+,17+,19+/m0/s1. The molecule has 0 aliphatic carbocycles. The van der Waals surface area contributed by atoms with Crippen LogP contribution in [0.5, 0.6) is 0 Å². The lowest BCUT2D eigenvalue weighted by atomic mass is 9.99. The Bertz CT molecular complexity index is 880. The van der Waals surface area contributed by atoms with Gasteiger partial charge in [0, 0.05) is 17.8 Å². The van der Waals surface area contributed by atoms with Crippen molar-refractivity contribution in [2.75, 3.05) is 0 Å². The summed E-state index contributed by atoms with van der Waals surface area (Å²) in [5.74, 6) is 0. The van der Waals surface area contributed by atoms with Gasteiger partial charge in [0.2, 0.25) is 0 Å². The topological polar surface area (TPSA) is 87.7 Å². The van der Waals surface area contributed by atoms with Crippen molar-refractivity contribution in [2.24, 2.45) is 0 Å². The molecule has 1 fully saturated rings. The Balaban J connectivity index is 1.67. The van der Waals surface area contributed by atoms with Crippen LogP contribution in [0.15, 0.2) is 54.9 Å². The molecule has 5 atom stereocenters. The van der Waals surface area contributed by atoms with Crippen molar-refractivity contribution in [1.82, 2.24) is 9.55 Å². The average Bonchev–Trinajstić information content (AvgIpc) is 3.18. The molecule has 3 heterocycles. The second-order valence-corrected chi connectivity index (χ2v) is 6.42. The Morgan fingerprint density at radius 3 is 2.60 bits per heavy atom. The molecule has 0 spiro atoms. The second kappa shape index (κ2) is 6.24. The van der Waals surface area contributed by atoms with Gasteiger partial charge in [-0.1, -0.05) is 30.3 Å². The van der Waals surface area contributed by atoms with Crippen LogP contribution in [0.2, 0.25) is 0 Å². The average molecular weight is 340 g/mol. The van der Waals surface area contributed by atoms with Gasteiger partial charge in [-0.15, -0.1) is 0 Å². The highest BCUT2D eigenvalue weighted by atomic mass is 16.6. The maximum atomic E-state index is 10.6. The summed E-state index contributed by atoms with van der Waals surface area (Å²) in [5, 5.41) is 32.4. The fourth-order valence-electron chi connectivity index (χ4n) is 3.41. The van der Waals surface area contributed by atoms with Crippen molar-refractivity contribution in [2.45, 2.75) is 37.6 Å². The second-order valence-electron chi connectivity index (χ2n) is 6.42. The molecule has 0 saturated carbocycles. The first-order chi connectivity index (χ1) is 12.1. The molecule has 3 N–H and O–H groups in total. The summed E-state index contributed by atoms with van der Waals surface area (Å²) in [4.78, 5) is 4.36. The van der Waals surface area contributed by atoms with Crippen LogP contribution in [0, 0.1) is 6.92 Å². The molecule has 25 heavy (non-hydrogen) atoms. The number of benzene rings is 1. The van der Waals surface area contributed by atoms with Crippen LogP contribution in [0.4, 0.5) is 0 Å². The predicted octanol–water partition coefficient (Wildman–Crippen LogP) is 1.70. The van der Waals surface area contributed by atoms with Gasteiger partial charge >= 0.3 is 0 Å². The number of pyridine rings is 1. The SMILES string of the molecule is Cc1ccnc2c1ccn2[C@@H]1O[C@H]([C@@H](O)c2ccccc2)[C@@H](O)[C@H]1O. The Hall–Kier alpha value is -2.25. The largest absolute Gasteiger partial charge is 0.387 e. The van der Waals surface area contributed by atoms with Gasteiger partial charge in [-0.25, -0.2) is 4.98 Å². The Morgan fingerprint density at radius 1 is 1.08 bits per heavy atom. The third kappa shape index (κ3) is 2.63. The molecule has 1 aliphatic heterocycles. The smallest absolute Gasteiger partial charge is 0.164 e. The summed E-state index contributed by atoms with van der Waals surface area (Å²) in [5.41, 5.74) is 2.37. The normalized spacial score (nSPS) is 27.7. The van der Waals surface area contributed by atoms with Gasteiger partial charge in [0.15, 0.2) is 6.23 Å². The van der Waals surface area contributed by atoms with Gasteiger partial charge in [0.1, 0.15) is 30.1 Å². The third-order valence-corrected chi connectivity index (χ3v) is 4.84. The zero-order valence-electron chi connectivity index (χ0n) is 13.7. The van der Waals surface area contributed by atoms with Crippen molar-refractivity contribution in [1.29, 1.82) is 0 Å². The van der Waals surface area contributed by atoms with Crippen LogP contribution in [0.25, 0.3) is 11.0 Å². The molecule has 6 heteroatoms. The number of aryl methyl sites for hydroxylation is 1. The summed E-state index contributed by atoms with van der Waals surface area (Å²) in [6.45, 7) is 1.98. The van der Waals surface area contributed by atoms with Crippen molar-refractivity contribution in [3.8, 4) is 0 Å². The predicted molar refractivity (Wildman–Crippen MR) is 91.8 cm³/mol. The molecule has 0 radical (unpaired) electrons. The molecule has 1 aliphatic rings. The molecule has 0 amide bonds. The lowest BCUT2D eigenvalue weighted by Crippen LogP contribution is -2.34. The maximum absolute atomic E-state index is 10.6. The Kier molecular flexibility index (Phi) is 4.05. The van der Waals surface area contributed by atoms with Gasteiger partial charge in [0.05, 0.1) is 0 Å². The van der Waals surface area contributed by atoms with E-state index < -0.39 is 30.6 Å². The van der Waals surface area contributed by atoms with Crippen LogP contribution in [-0.2, 0) is 4.74 Å². The first-order valence-electron chi connectivity index (χ1n) is 8.24. The summed E-state index contributed by atoms with van der Waals surface area (Å²) in [6.07, 6.45) is -1.67. The number of nitrogens with zero attached hydrogens (tertiary/aromatic N) is 2. The Labute approximate surface area is 144 Å². The van der Waals surface area contributed by atoms with Crippen LogP contribution >= 0.6 is 0 Å². The molecule has 4 rings (SSSR count). The monoisotopic (exact) mass is 340 g/mol. The van der Waals surface area contributed by atoms with Crippen LogP contribution < -0.4 is 0 Å². The van der Waals surface area contributed by atoms with E-state index in [0.29, 0.717) is 11.2 Å².